The lowest BCUT2D eigenvalue weighted by Crippen LogP contribution is -2.37. The van der Waals surface area contributed by atoms with Crippen molar-refractivity contribution in [2.45, 2.75) is 32.0 Å². The van der Waals surface area contributed by atoms with Gasteiger partial charge in [0.15, 0.2) is 0 Å². The Labute approximate surface area is 147 Å². The standard InChI is InChI=1S/C20H21NO4/c1-15(17-10-6-3-7-11-17)21-18(14-25-20(21)23)12-19(22)24-13-16-8-4-2-5-9-16/h2-11,15,18H,12-14H2,1H3/t15-,18-/m1/s1. The van der Waals surface area contributed by atoms with Crippen molar-refractivity contribution in [2.75, 3.05) is 6.61 Å². The van der Waals surface area contributed by atoms with Crippen LogP contribution in [0.25, 0.3) is 0 Å². The highest BCUT2D eigenvalue weighted by atomic mass is 16.6. The Balaban J connectivity index is 1.60. The minimum absolute atomic E-state index is 0.121. The number of benzene rings is 2. The molecule has 0 bridgehead atoms. The van der Waals surface area contributed by atoms with Crippen LogP contribution in [0.4, 0.5) is 4.79 Å². The van der Waals surface area contributed by atoms with E-state index < -0.39 is 6.09 Å². The predicted octanol–water partition coefficient (Wildman–Crippen LogP) is 3.70. The maximum Gasteiger partial charge on any atom is 0.410 e. The second-order valence-corrected chi connectivity index (χ2v) is 6.08. The molecule has 25 heavy (non-hydrogen) atoms. The van der Waals surface area contributed by atoms with Crippen molar-refractivity contribution in [1.82, 2.24) is 4.90 Å². The van der Waals surface area contributed by atoms with Crippen molar-refractivity contribution in [3.8, 4) is 0 Å². The number of carbonyl (C=O) groups is 2. The van der Waals surface area contributed by atoms with Crippen molar-refractivity contribution >= 4 is 12.1 Å². The molecule has 1 heterocycles. The number of nitrogens with zero attached hydrogens (tertiary/aromatic N) is 1. The smallest absolute Gasteiger partial charge is 0.410 e. The van der Waals surface area contributed by atoms with E-state index in [1.165, 1.54) is 0 Å². The van der Waals surface area contributed by atoms with Gasteiger partial charge in [-0.15, -0.1) is 0 Å². The molecule has 1 aliphatic heterocycles. The average Bonchev–Trinajstić information content (AvgIpc) is 3.01. The van der Waals surface area contributed by atoms with Crippen LogP contribution in [0.3, 0.4) is 0 Å². The maximum atomic E-state index is 12.2. The van der Waals surface area contributed by atoms with Crippen molar-refractivity contribution in [2.24, 2.45) is 0 Å². The number of ether oxygens (including phenoxy) is 2. The Morgan fingerprint density at radius 3 is 2.48 bits per heavy atom. The van der Waals surface area contributed by atoms with Gasteiger partial charge >= 0.3 is 12.1 Å². The molecular weight excluding hydrogens is 318 g/mol. The van der Waals surface area contributed by atoms with E-state index in [2.05, 4.69) is 0 Å². The summed E-state index contributed by atoms with van der Waals surface area (Å²) in [4.78, 5) is 25.9. The molecule has 1 aliphatic rings. The number of cyclic esters (lactones) is 1. The molecule has 1 amide bonds. The number of hydrogen-bond acceptors (Lipinski definition) is 4. The van der Waals surface area contributed by atoms with Crippen LogP contribution >= 0.6 is 0 Å². The third-order valence-corrected chi connectivity index (χ3v) is 4.35. The van der Waals surface area contributed by atoms with Crippen LogP contribution in [0.1, 0.15) is 30.5 Å². The largest absolute Gasteiger partial charge is 0.461 e. The fraction of sp³-hybridized carbons (Fsp3) is 0.300. The molecule has 0 radical (unpaired) electrons. The van der Waals surface area contributed by atoms with E-state index in [0.29, 0.717) is 0 Å². The highest BCUT2D eigenvalue weighted by Gasteiger charge is 2.38. The number of hydrogen-bond donors (Lipinski definition) is 0. The number of carbonyl (C=O) groups excluding carboxylic acids is 2. The SMILES string of the molecule is C[C@H](c1ccccc1)N1C(=O)OC[C@H]1CC(=O)OCc1ccccc1. The second-order valence-electron chi connectivity index (χ2n) is 6.08. The van der Waals surface area contributed by atoms with E-state index in [9.17, 15) is 9.59 Å². The van der Waals surface area contributed by atoms with Crippen LogP contribution in [0, 0.1) is 0 Å². The zero-order valence-corrected chi connectivity index (χ0v) is 14.1. The van der Waals surface area contributed by atoms with E-state index in [4.69, 9.17) is 9.47 Å². The first-order valence-electron chi connectivity index (χ1n) is 8.34. The quantitative estimate of drug-likeness (QED) is 0.753. The van der Waals surface area contributed by atoms with Gasteiger partial charge in [-0.1, -0.05) is 60.7 Å². The Bertz CT molecular complexity index is 717. The first-order valence-corrected chi connectivity index (χ1v) is 8.34. The average molecular weight is 339 g/mol. The molecule has 2 aromatic rings. The highest BCUT2D eigenvalue weighted by molar-refractivity contribution is 5.75. The van der Waals surface area contributed by atoms with Gasteiger partial charge in [-0.2, -0.15) is 0 Å². The van der Waals surface area contributed by atoms with Crippen LogP contribution in [0.2, 0.25) is 0 Å². The van der Waals surface area contributed by atoms with Gasteiger partial charge in [-0.05, 0) is 18.1 Å². The Morgan fingerprint density at radius 1 is 1.16 bits per heavy atom. The van der Waals surface area contributed by atoms with E-state index in [1.807, 2.05) is 67.6 Å². The molecule has 5 nitrogen and oxygen atoms in total. The predicted molar refractivity (Wildman–Crippen MR) is 92.7 cm³/mol. The zero-order chi connectivity index (χ0) is 17.6. The van der Waals surface area contributed by atoms with Gasteiger partial charge in [0, 0.05) is 0 Å². The second kappa shape index (κ2) is 7.83. The molecule has 2 aromatic carbocycles. The molecule has 0 spiro atoms. The highest BCUT2D eigenvalue weighted by Crippen LogP contribution is 2.28. The molecule has 0 saturated carbocycles. The molecule has 0 aliphatic carbocycles. The molecule has 1 fully saturated rings. The molecular formula is C20H21NO4. The van der Waals surface area contributed by atoms with Gasteiger partial charge < -0.3 is 9.47 Å². The molecule has 1 saturated heterocycles. The molecule has 2 atom stereocenters. The molecule has 0 aromatic heterocycles. The van der Waals surface area contributed by atoms with Crippen LogP contribution in [0.15, 0.2) is 60.7 Å². The molecule has 0 unspecified atom stereocenters. The van der Waals surface area contributed by atoms with E-state index in [0.717, 1.165) is 11.1 Å². The summed E-state index contributed by atoms with van der Waals surface area (Å²) in [5.74, 6) is -0.336. The first-order chi connectivity index (χ1) is 12.1. The van der Waals surface area contributed by atoms with Gasteiger partial charge in [0.1, 0.15) is 13.2 Å². The van der Waals surface area contributed by atoms with Gasteiger partial charge in [-0.3, -0.25) is 9.69 Å². The summed E-state index contributed by atoms with van der Waals surface area (Å²) in [7, 11) is 0. The van der Waals surface area contributed by atoms with Crippen molar-refractivity contribution in [3.63, 3.8) is 0 Å². The Kier molecular flexibility index (Phi) is 5.33. The number of rotatable bonds is 6. The van der Waals surface area contributed by atoms with Crippen molar-refractivity contribution in [1.29, 1.82) is 0 Å². The lowest BCUT2D eigenvalue weighted by atomic mass is 10.0. The van der Waals surface area contributed by atoms with Crippen LogP contribution in [-0.2, 0) is 20.9 Å². The zero-order valence-electron chi connectivity index (χ0n) is 14.1. The summed E-state index contributed by atoms with van der Waals surface area (Å²) in [5.41, 5.74) is 1.94. The lowest BCUT2D eigenvalue weighted by Gasteiger charge is -2.27. The number of esters is 1. The van der Waals surface area contributed by atoms with Gasteiger partial charge in [0.25, 0.3) is 0 Å². The normalized spacial score (nSPS) is 17.9. The summed E-state index contributed by atoms with van der Waals surface area (Å²) in [6.45, 7) is 2.37. The van der Waals surface area contributed by atoms with Crippen molar-refractivity contribution < 1.29 is 19.1 Å². The minimum atomic E-state index is -0.391. The number of amides is 1. The third-order valence-electron chi connectivity index (χ3n) is 4.35. The van der Waals surface area contributed by atoms with E-state index >= 15 is 0 Å². The Hall–Kier alpha value is -2.82. The van der Waals surface area contributed by atoms with E-state index in [1.54, 1.807) is 4.90 Å². The molecule has 5 heteroatoms. The maximum absolute atomic E-state index is 12.2. The lowest BCUT2D eigenvalue weighted by molar-refractivity contribution is -0.146. The first kappa shape index (κ1) is 17.0. The monoisotopic (exact) mass is 339 g/mol. The summed E-state index contributed by atoms with van der Waals surface area (Å²) in [6, 6.07) is 18.7. The molecule has 3 rings (SSSR count). The summed E-state index contributed by atoms with van der Waals surface area (Å²) >= 11 is 0. The van der Waals surface area contributed by atoms with Gasteiger partial charge in [0.2, 0.25) is 0 Å². The Morgan fingerprint density at radius 2 is 1.80 bits per heavy atom. The van der Waals surface area contributed by atoms with Crippen LogP contribution in [0.5, 0.6) is 0 Å². The summed E-state index contributed by atoms with van der Waals surface area (Å²) < 4.78 is 10.5. The minimum Gasteiger partial charge on any atom is -0.461 e. The van der Waals surface area contributed by atoms with E-state index in [-0.39, 0.29) is 37.7 Å². The fourth-order valence-corrected chi connectivity index (χ4v) is 2.98. The van der Waals surface area contributed by atoms with Gasteiger partial charge in [0.05, 0.1) is 18.5 Å². The topological polar surface area (TPSA) is 55.8 Å². The van der Waals surface area contributed by atoms with Gasteiger partial charge in [-0.25, -0.2) is 4.79 Å². The third kappa shape index (κ3) is 4.18. The van der Waals surface area contributed by atoms with Crippen LogP contribution < -0.4 is 0 Å². The molecule has 0 N–H and O–H groups in total. The van der Waals surface area contributed by atoms with Crippen LogP contribution in [-0.4, -0.2) is 29.6 Å². The van der Waals surface area contributed by atoms with Crippen molar-refractivity contribution in [3.05, 3.63) is 71.8 Å². The summed E-state index contributed by atoms with van der Waals surface area (Å²) in [5, 5.41) is 0. The summed E-state index contributed by atoms with van der Waals surface area (Å²) in [6.07, 6.45) is -0.271. The fourth-order valence-electron chi connectivity index (χ4n) is 2.98. The molecule has 130 valence electrons.